The maximum absolute atomic E-state index is 12.3. The summed E-state index contributed by atoms with van der Waals surface area (Å²) < 4.78 is 46.9. The molecular weight excluding hydrogens is 307 g/mol. The van der Waals surface area contributed by atoms with Crippen LogP contribution in [0.2, 0.25) is 0 Å². The summed E-state index contributed by atoms with van der Waals surface area (Å²) in [6.07, 6.45) is -5.34. The van der Waals surface area contributed by atoms with Gasteiger partial charge >= 0.3 is 6.18 Å². The number of carbonyl (C=O) groups is 1. The molecule has 0 aromatic carbocycles. The molecule has 8 heteroatoms. The summed E-state index contributed by atoms with van der Waals surface area (Å²) in [6.45, 7) is -0.683. The van der Waals surface area contributed by atoms with Gasteiger partial charge < -0.3 is 14.4 Å². The summed E-state index contributed by atoms with van der Waals surface area (Å²) in [5.74, 6) is -0.679. The van der Waals surface area contributed by atoms with Crippen LogP contribution in [0.4, 0.5) is 13.2 Å². The van der Waals surface area contributed by atoms with Crippen molar-refractivity contribution in [2.24, 2.45) is 0 Å². The number of rotatable bonds is 4. The van der Waals surface area contributed by atoms with Crippen molar-refractivity contribution >= 4 is 21.8 Å². The maximum atomic E-state index is 12.3. The van der Waals surface area contributed by atoms with Crippen LogP contribution in [-0.4, -0.2) is 61.3 Å². The lowest BCUT2D eigenvalue weighted by Gasteiger charge is -2.29. The predicted molar refractivity (Wildman–Crippen MR) is 57.0 cm³/mol. The van der Waals surface area contributed by atoms with Crippen molar-refractivity contribution in [3.8, 4) is 0 Å². The maximum Gasteiger partial charge on any atom is 0.406 e. The third-order valence-electron chi connectivity index (χ3n) is 2.13. The zero-order valence-electron chi connectivity index (χ0n) is 9.00. The second-order valence-electron chi connectivity index (χ2n) is 3.50. The van der Waals surface area contributed by atoms with Gasteiger partial charge in [0.05, 0.1) is 19.8 Å². The summed E-state index contributed by atoms with van der Waals surface area (Å²) >= 11 is 3.02. The van der Waals surface area contributed by atoms with Gasteiger partial charge in [-0.05, 0) is 0 Å². The Hall–Kier alpha value is -0.340. The fourth-order valence-electron chi connectivity index (χ4n) is 1.42. The minimum Gasteiger partial charge on any atom is -0.376 e. The standard InChI is InChI=1S/C9H13BrF3NO3/c10-1-2-14(6-9(11,12)13)8(15)7-5-16-3-4-17-7/h7H,1-6H2. The molecule has 0 bridgehead atoms. The Bertz CT molecular complexity index is 256. The van der Waals surface area contributed by atoms with E-state index >= 15 is 0 Å². The molecule has 4 nitrogen and oxygen atoms in total. The number of amides is 1. The first-order valence-electron chi connectivity index (χ1n) is 5.05. The molecule has 1 unspecified atom stereocenters. The Kier molecular flexibility index (Phi) is 5.68. The summed E-state index contributed by atoms with van der Waals surface area (Å²) in [4.78, 5) is 12.5. The molecule has 0 aromatic heterocycles. The lowest BCUT2D eigenvalue weighted by atomic mass is 10.3. The number of alkyl halides is 4. The molecular formula is C9H13BrF3NO3. The van der Waals surface area contributed by atoms with E-state index in [1.165, 1.54) is 0 Å². The summed E-state index contributed by atoms with van der Waals surface area (Å²) in [6, 6.07) is 0. The molecule has 0 aromatic rings. The molecule has 1 saturated heterocycles. The fraction of sp³-hybridized carbons (Fsp3) is 0.889. The van der Waals surface area contributed by atoms with Crippen molar-refractivity contribution in [2.45, 2.75) is 12.3 Å². The Balaban J connectivity index is 2.58. The van der Waals surface area contributed by atoms with Gasteiger partial charge in [0.2, 0.25) is 0 Å². The van der Waals surface area contributed by atoms with Crippen molar-refractivity contribution in [2.75, 3.05) is 38.2 Å². The van der Waals surface area contributed by atoms with Crippen molar-refractivity contribution in [3.05, 3.63) is 0 Å². The average Bonchev–Trinajstić information content (AvgIpc) is 2.27. The largest absolute Gasteiger partial charge is 0.406 e. The lowest BCUT2D eigenvalue weighted by Crippen LogP contribution is -2.49. The van der Waals surface area contributed by atoms with Crippen LogP contribution < -0.4 is 0 Å². The van der Waals surface area contributed by atoms with E-state index in [0.717, 1.165) is 4.90 Å². The molecule has 1 amide bonds. The van der Waals surface area contributed by atoms with Gasteiger partial charge in [-0.15, -0.1) is 0 Å². The second-order valence-corrected chi connectivity index (χ2v) is 4.29. The van der Waals surface area contributed by atoms with E-state index in [2.05, 4.69) is 15.9 Å². The third-order valence-corrected chi connectivity index (χ3v) is 2.48. The third kappa shape index (κ3) is 5.22. The van der Waals surface area contributed by atoms with Crippen LogP contribution in [0.5, 0.6) is 0 Å². The highest BCUT2D eigenvalue weighted by Gasteiger charge is 2.36. The van der Waals surface area contributed by atoms with Crippen LogP contribution >= 0.6 is 15.9 Å². The van der Waals surface area contributed by atoms with Gasteiger partial charge in [0.25, 0.3) is 5.91 Å². The van der Waals surface area contributed by atoms with Gasteiger partial charge in [0.1, 0.15) is 6.54 Å². The summed E-state index contributed by atoms with van der Waals surface area (Å²) in [5.41, 5.74) is 0. The first-order valence-corrected chi connectivity index (χ1v) is 6.17. The number of carbonyl (C=O) groups excluding carboxylic acids is 1. The van der Waals surface area contributed by atoms with E-state index in [9.17, 15) is 18.0 Å². The van der Waals surface area contributed by atoms with Crippen molar-refractivity contribution in [1.82, 2.24) is 4.90 Å². The summed E-state index contributed by atoms with van der Waals surface area (Å²) in [7, 11) is 0. The van der Waals surface area contributed by atoms with Crippen LogP contribution in [0.3, 0.4) is 0 Å². The fourth-order valence-corrected chi connectivity index (χ4v) is 1.85. The normalized spacial score (nSPS) is 21.3. The molecule has 1 heterocycles. The molecule has 0 spiro atoms. The molecule has 1 aliphatic heterocycles. The van der Waals surface area contributed by atoms with E-state index in [1.807, 2.05) is 0 Å². The number of halogens is 4. The van der Waals surface area contributed by atoms with Crippen molar-refractivity contribution < 1.29 is 27.4 Å². The molecule has 0 N–H and O–H groups in total. The SMILES string of the molecule is O=C(C1COCCO1)N(CCBr)CC(F)(F)F. The molecule has 1 atom stereocenters. The highest BCUT2D eigenvalue weighted by atomic mass is 79.9. The van der Waals surface area contributed by atoms with Crippen LogP contribution in [0.1, 0.15) is 0 Å². The number of hydrogen-bond acceptors (Lipinski definition) is 3. The average molecular weight is 320 g/mol. The topological polar surface area (TPSA) is 38.8 Å². The van der Waals surface area contributed by atoms with Gasteiger partial charge in [0.15, 0.2) is 6.10 Å². The van der Waals surface area contributed by atoms with Gasteiger partial charge in [-0.3, -0.25) is 4.79 Å². The zero-order valence-corrected chi connectivity index (χ0v) is 10.6. The molecule has 1 rings (SSSR count). The highest BCUT2D eigenvalue weighted by molar-refractivity contribution is 9.09. The first-order chi connectivity index (χ1) is 7.94. The van der Waals surface area contributed by atoms with E-state index < -0.39 is 24.7 Å². The molecule has 17 heavy (non-hydrogen) atoms. The molecule has 1 fully saturated rings. The molecule has 100 valence electrons. The van der Waals surface area contributed by atoms with E-state index in [4.69, 9.17) is 9.47 Å². The Morgan fingerprint density at radius 1 is 1.41 bits per heavy atom. The Morgan fingerprint density at radius 3 is 2.59 bits per heavy atom. The van der Waals surface area contributed by atoms with Crippen LogP contribution in [-0.2, 0) is 14.3 Å². The van der Waals surface area contributed by atoms with E-state index in [0.29, 0.717) is 6.61 Å². The number of nitrogens with zero attached hydrogens (tertiary/aromatic N) is 1. The van der Waals surface area contributed by atoms with Gasteiger partial charge in [-0.2, -0.15) is 13.2 Å². The molecule has 1 aliphatic rings. The number of ether oxygens (including phenoxy) is 2. The molecule has 0 radical (unpaired) electrons. The van der Waals surface area contributed by atoms with Gasteiger partial charge in [-0.1, -0.05) is 15.9 Å². The number of hydrogen-bond donors (Lipinski definition) is 0. The monoisotopic (exact) mass is 319 g/mol. The van der Waals surface area contributed by atoms with Gasteiger partial charge in [0, 0.05) is 11.9 Å². The summed E-state index contributed by atoms with van der Waals surface area (Å²) in [5, 5.41) is 0.280. The smallest absolute Gasteiger partial charge is 0.376 e. The van der Waals surface area contributed by atoms with Crippen LogP contribution in [0, 0.1) is 0 Å². The van der Waals surface area contributed by atoms with Crippen LogP contribution in [0.25, 0.3) is 0 Å². The molecule has 0 saturated carbocycles. The Morgan fingerprint density at radius 2 is 2.12 bits per heavy atom. The first kappa shape index (κ1) is 14.7. The van der Waals surface area contributed by atoms with Crippen LogP contribution in [0.15, 0.2) is 0 Å². The zero-order chi connectivity index (χ0) is 12.9. The second kappa shape index (κ2) is 6.55. The highest BCUT2D eigenvalue weighted by Crippen LogP contribution is 2.18. The van der Waals surface area contributed by atoms with Crippen molar-refractivity contribution in [1.29, 1.82) is 0 Å². The van der Waals surface area contributed by atoms with E-state index in [-0.39, 0.29) is 25.1 Å². The van der Waals surface area contributed by atoms with Gasteiger partial charge in [-0.25, -0.2) is 0 Å². The Labute approximate surface area is 105 Å². The predicted octanol–water partition coefficient (Wildman–Crippen LogP) is 1.19. The quantitative estimate of drug-likeness (QED) is 0.731. The van der Waals surface area contributed by atoms with Crippen molar-refractivity contribution in [3.63, 3.8) is 0 Å². The molecule has 0 aliphatic carbocycles. The minimum atomic E-state index is -4.41. The lowest BCUT2D eigenvalue weighted by molar-refractivity contribution is -0.176. The van der Waals surface area contributed by atoms with E-state index in [1.54, 1.807) is 0 Å². The minimum absolute atomic E-state index is 0.00940.